The molecule has 0 aliphatic rings. The predicted molar refractivity (Wildman–Crippen MR) is 74.3 cm³/mol. The summed E-state index contributed by atoms with van der Waals surface area (Å²) in [4.78, 5) is 4.16. The minimum absolute atomic E-state index is 0.294. The number of alkyl halides is 3. The van der Waals surface area contributed by atoms with Crippen LogP contribution < -0.4 is 4.74 Å². The van der Waals surface area contributed by atoms with E-state index in [1.54, 1.807) is 11.6 Å². The van der Waals surface area contributed by atoms with Gasteiger partial charge in [-0.05, 0) is 41.6 Å². The van der Waals surface area contributed by atoms with Crippen LogP contribution in [-0.4, -0.2) is 41.3 Å². The molecule has 0 aliphatic carbocycles. The molecule has 8 nitrogen and oxygen atoms in total. The van der Waals surface area contributed by atoms with Gasteiger partial charge in [0.05, 0.1) is 12.2 Å². The normalized spacial score (nSPS) is 11.7. The van der Waals surface area contributed by atoms with Crippen molar-refractivity contribution in [1.29, 1.82) is 0 Å². The fourth-order valence-electron chi connectivity index (χ4n) is 2.10. The van der Waals surface area contributed by atoms with Gasteiger partial charge in [0, 0.05) is 6.42 Å². The second-order valence-corrected chi connectivity index (χ2v) is 4.83. The predicted octanol–water partition coefficient (Wildman–Crippen LogP) is 1.70. The quantitative estimate of drug-likeness (QED) is 0.704. The van der Waals surface area contributed by atoms with Crippen LogP contribution in [0.1, 0.15) is 11.6 Å². The Labute approximate surface area is 133 Å². The van der Waals surface area contributed by atoms with E-state index in [0.29, 0.717) is 30.3 Å². The average Bonchev–Trinajstić information content (AvgIpc) is 3.13. The standard InChI is InChI=1S/C13H12F3N7O/c1-9-19-20-21-22(9)7-6-12-17-8-18-23(12)10-2-4-11(5-3-10)24-13(14,15)16/h2-5,8H,6-7H2,1H3. The maximum atomic E-state index is 12.2. The third kappa shape index (κ3) is 3.67. The second kappa shape index (κ2) is 6.26. The number of halogens is 3. The molecule has 0 saturated carbocycles. The number of tetrazole rings is 1. The Morgan fingerprint density at radius 1 is 1.17 bits per heavy atom. The lowest BCUT2D eigenvalue weighted by Gasteiger charge is -2.10. The summed E-state index contributed by atoms with van der Waals surface area (Å²) in [6.45, 7) is 2.29. The average molecular weight is 339 g/mol. The van der Waals surface area contributed by atoms with E-state index in [-0.39, 0.29) is 5.75 Å². The number of nitrogens with zero attached hydrogens (tertiary/aromatic N) is 7. The molecule has 0 saturated heterocycles. The molecule has 0 radical (unpaired) electrons. The van der Waals surface area contributed by atoms with E-state index in [2.05, 4.69) is 30.3 Å². The highest BCUT2D eigenvalue weighted by molar-refractivity contribution is 5.37. The summed E-state index contributed by atoms with van der Waals surface area (Å²) < 4.78 is 43.5. The van der Waals surface area contributed by atoms with Crippen molar-refractivity contribution in [3.8, 4) is 11.4 Å². The molecule has 24 heavy (non-hydrogen) atoms. The molecule has 0 atom stereocenters. The molecule has 0 spiro atoms. The first-order chi connectivity index (χ1) is 11.4. The topological polar surface area (TPSA) is 83.5 Å². The van der Waals surface area contributed by atoms with Crippen LogP contribution in [0.2, 0.25) is 0 Å². The van der Waals surface area contributed by atoms with E-state index in [1.165, 1.54) is 35.3 Å². The Morgan fingerprint density at radius 3 is 2.54 bits per heavy atom. The van der Waals surface area contributed by atoms with Crippen LogP contribution in [0.5, 0.6) is 5.75 Å². The molecule has 11 heteroatoms. The van der Waals surface area contributed by atoms with Crippen LogP contribution in [0, 0.1) is 6.92 Å². The second-order valence-electron chi connectivity index (χ2n) is 4.83. The molecule has 0 fully saturated rings. The minimum atomic E-state index is -4.72. The van der Waals surface area contributed by atoms with Gasteiger partial charge >= 0.3 is 6.36 Å². The van der Waals surface area contributed by atoms with Crippen molar-refractivity contribution in [2.75, 3.05) is 0 Å². The van der Waals surface area contributed by atoms with E-state index in [9.17, 15) is 13.2 Å². The van der Waals surface area contributed by atoms with E-state index in [4.69, 9.17) is 0 Å². The highest BCUT2D eigenvalue weighted by Gasteiger charge is 2.31. The smallest absolute Gasteiger partial charge is 0.406 e. The zero-order valence-electron chi connectivity index (χ0n) is 12.5. The first-order valence-corrected chi connectivity index (χ1v) is 6.90. The number of ether oxygens (including phenoxy) is 1. The minimum Gasteiger partial charge on any atom is -0.406 e. The monoisotopic (exact) mass is 339 g/mol. The van der Waals surface area contributed by atoms with Crippen molar-refractivity contribution < 1.29 is 17.9 Å². The zero-order valence-corrected chi connectivity index (χ0v) is 12.5. The summed E-state index contributed by atoms with van der Waals surface area (Å²) >= 11 is 0. The summed E-state index contributed by atoms with van der Waals surface area (Å²) in [6.07, 6.45) is -2.84. The van der Waals surface area contributed by atoms with Crippen LogP contribution >= 0.6 is 0 Å². The van der Waals surface area contributed by atoms with Crippen molar-refractivity contribution in [2.45, 2.75) is 26.3 Å². The molecular formula is C13H12F3N7O. The van der Waals surface area contributed by atoms with Crippen LogP contribution in [-0.2, 0) is 13.0 Å². The van der Waals surface area contributed by atoms with Gasteiger partial charge in [0.15, 0.2) is 0 Å². The Bertz CT molecular complexity index is 810. The van der Waals surface area contributed by atoms with E-state index >= 15 is 0 Å². The van der Waals surface area contributed by atoms with Crippen molar-refractivity contribution in [1.82, 2.24) is 35.0 Å². The summed E-state index contributed by atoms with van der Waals surface area (Å²) in [5.41, 5.74) is 0.575. The van der Waals surface area contributed by atoms with Crippen molar-refractivity contribution in [2.24, 2.45) is 0 Å². The number of rotatable bonds is 5. The van der Waals surface area contributed by atoms with Gasteiger partial charge in [-0.3, -0.25) is 0 Å². The molecule has 0 bridgehead atoms. The van der Waals surface area contributed by atoms with Gasteiger partial charge in [0.2, 0.25) is 0 Å². The van der Waals surface area contributed by atoms with Gasteiger partial charge in [0.1, 0.15) is 23.7 Å². The Kier molecular flexibility index (Phi) is 4.15. The SMILES string of the molecule is Cc1nnnn1CCc1ncnn1-c1ccc(OC(F)(F)F)cc1. The molecule has 1 aromatic carbocycles. The number of hydrogen-bond donors (Lipinski definition) is 0. The highest BCUT2D eigenvalue weighted by Crippen LogP contribution is 2.23. The van der Waals surface area contributed by atoms with Crippen LogP contribution in [0.4, 0.5) is 13.2 Å². The Hall–Kier alpha value is -2.98. The third-order valence-corrected chi connectivity index (χ3v) is 3.19. The highest BCUT2D eigenvalue weighted by atomic mass is 19.4. The number of aryl methyl sites for hydroxylation is 3. The summed E-state index contributed by atoms with van der Waals surface area (Å²) in [7, 11) is 0. The van der Waals surface area contributed by atoms with Crippen LogP contribution in [0.15, 0.2) is 30.6 Å². The summed E-state index contributed by atoms with van der Waals surface area (Å²) in [5.74, 6) is 1.02. The van der Waals surface area contributed by atoms with Gasteiger partial charge in [-0.2, -0.15) is 5.10 Å². The molecule has 2 heterocycles. The van der Waals surface area contributed by atoms with Crippen LogP contribution in [0.25, 0.3) is 5.69 Å². The molecule has 0 unspecified atom stereocenters. The van der Waals surface area contributed by atoms with E-state index < -0.39 is 6.36 Å². The van der Waals surface area contributed by atoms with Crippen molar-refractivity contribution >= 4 is 0 Å². The maximum Gasteiger partial charge on any atom is 0.573 e. The molecular weight excluding hydrogens is 327 g/mol. The third-order valence-electron chi connectivity index (χ3n) is 3.19. The maximum absolute atomic E-state index is 12.2. The molecule has 2 aromatic heterocycles. The number of hydrogen-bond acceptors (Lipinski definition) is 6. The Morgan fingerprint density at radius 2 is 1.92 bits per heavy atom. The summed E-state index contributed by atoms with van der Waals surface area (Å²) in [5, 5.41) is 15.3. The largest absolute Gasteiger partial charge is 0.573 e. The van der Waals surface area contributed by atoms with E-state index in [0.717, 1.165) is 0 Å². The molecule has 0 N–H and O–H groups in total. The van der Waals surface area contributed by atoms with Gasteiger partial charge in [0.25, 0.3) is 0 Å². The number of benzene rings is 1. The van der Waals surface area contributed by atoms with Gasteiger partial charge in [-0.15, -0.1) is 18.3 Å². The van der Waals surface area contributed by atoms with Crippen LogP contribution in [0.3, 0.4) is 0 Å². The van der Waals surface area contributed by atoms with Crippen molar-refractivity contribution in [3.63, 3.8) is 0 Å². The molecule has 0 amide bonds. The van der Waals surface area contributed by atoms with E-state index in [1.807, 2.05) is 0 Å². The van der Waals surface area contributed by atoms with Crippen molar-refractivity contribution in [3.05, 3.63) is 42.2 Å². The Balaban J connectivity index is 1.74. The number of aromatic nitrogens is 7. The molecule has 0 aliphatic heterocycles. The zero-order chi connectivity index (χ0) is 17.2. The molecule has 3 rings (SSSR count). The molecule has 126 valence electrons. The first kappa shape index (κ1) is 15.9. The van der Waals surface area contributed by atoms with Gasteiger partial charge in [-0.25, -0.2) is 14.3 Å². The fraction of sp³-hybridized carbons (Fsp3) is 0.308. The molecule has 3 aromatic rings. The fourth-order valence-corrected chi connectivity index (χ4v) is 2.10. The first-order valence-electron chi connectivity index (χ1n) is 6.90. The van der Waals surface area contributed by atoms with Gasteiger partial charge < -0.3 is 4.74 Å². The summed E-state index contributed by atoms with van der Waals surface area (Å²) in [6, 6.07) is 5.39. The lowest BCUT2D eigenvalue weighted by molar-refractivity contribution is -0.274. The lowest BCUT2D eigenvalue weighted by atomic mass is 10.3. The van der Waals surface area contributed by atoms with Gasteiger partial charge in [-0.1, -0.05) is 0 Å². The lowest BCUT2D eigenvalue weighted by Crippen LogP contribution is -2.17.